The van der Waals surface area contributed by atoms with Crippen LogP contribution in [0.25, 0.3) is 0 Å². The van der Waals surface area contributed by atoms with Gasteiger partial charge in [0.05, 0.1) is 13.2 Å². The van der Waals surface area contributed by atoms with Gasteiger partial charge in [-0.3, -0.25) is 5.32 Å². The molecule has 1 aromatic rings. The van der Waals surface area contributed by atoms with E-state index in [1.807, 2.05) is 24.3 Å². The Balaban J connectivity index is 1.84. The van der Waals surface area contributed by atoms with E-state index in [9.17, 15) is 0 Å². The van der Waals surface area contributed by atoms with Crippen LogP contribution in [0.3, 0.4) is 0 Å². The maximum absolute atomic E-state index is 9.03. The van der Waals surface area contributed by atoms with Crippen LogP contribution < -0.4 is 10.1 Å². The first-order chi connectivity index (χ1) is 8.31. The smallest absolute Gasteiger partial charge is 0.119 e. The van der Waals surface area contributed by atoms with Crippen LogP contribution in [0.15, 0.2) is 29.2 Å². The fourth-order valence-corrected chi connectivity index (χ4v) is 2.43. The van der Waals surface area contributed by atoms with E-state index in [4.69, 9.17) is 10.00 Å². The van der Waals surface area contributed by atoms with Crippen LogP contribution in [0.5, 0.6) is 5.75 Å². The van der Waals surface area contributed by atoms with Crippen LogP contribution >= 0.6 is 11.8 Å². The third-order valence-electron chi connectivity index (χ3n) is 2.63. The van der Waals surface area contributed by atoms with E-state index in [1.54, 1.807) is 18.9 Å². The molecule has 0 saturated heterocycles. The van der Waals surface area contributed by atoms with Crippen molar-refractivity contribution in [1.82, 2.24) is 5.32 Å². The van der Waals surface area contributed by atoms with Gasteiger partial charge in [-0.2, -0.15) is 5.26 Å². The van der Waals surface area contributed by atoms with Crippen molar-refractivity contribution in [3.63, 3.8) is 0 Å². The average Bonchev–Trinajstić information content (AvgIpc) is 3.18. The van der Waals surface area contributed by atoms with Crippen molar-refractivity contribution in [3.8, 4) is 11.8 Å². The number of rotatable bonds is 6. The molecule has 2 rings (SSSR count). The monoisotopic (exact) mass is 248 g/mol. The summed E-state index contributed by atoms with van der Waals surface area (Å²) >= 11 is 1.69. The molecular weight excluding hydrogens is 232 g/mol. The summed E-state index contributed by atoms with van der Waals surface area (Å²) in [4.78, 5) is 1.14. The summed E-state index contributed by atoms with van der Waals surface area (Å²) in [6.07, 6.45) is 2.42. The number of hydrogen-bond donors (Lipinski definition) is 1. The van der Waals surface area contributed by atoms with Crippen LogP contribution in [0, 0.1) is 11.3 Å². The highest BCUT2D eigenvalue weighted by molar-refractivity contribution is 7.99. The Morgan fingerprint density at radius 2 is 2.41 bits per heavy atom. The maximum atomic E-state index is 9.03. The van der Waals surface area contributed by atoms with Crippen molar-refractivity contribution in [1.29, 1.82) is 5.26 Å². The lowest BCUT2D eigenvalue weighted by molar-refractivity contribution is 0.413. The molecule has 1 atom stereocenters. The normalized spacial score (nSPS) is 16.2. The molecule has 0 aromatic heterocycles. The molecule has 0 amide bonds. The second-order valence-electron chi connectivity index (χ2n) is 4.11. The molecule has 17 heavy (non-hydrogen) atoms. The Labute approximate surface area is 106 Å². The summed E-state index contributed by atoms with van der Waals surface area (Å²) < 4.78 is 5.17. The number of benzene rings is 1. The van der Waals surface area contributed by atoms with Crippen molar-refractivity contribution in [2.75, 3.05) is 12.9 Å². The Hall–Kier alpha value is -1.18. The minimum Gasteiger partial charge on any atom is -0.497 e. The van der Waals surface area contributed by atoms with Crippen molar-refractivity contribution < 1.29 is 4.74 Å². The zero-order chi connectivity index (χ0) is 12.1. The topological polar surface area (TPSA) is 45.0 Å². The van der Waals surface area contributed by atoms with Gasteiger partial charge in [-0.05, 0) is 31.0 Å². The van der Waals surface area contributed by atoms with Gasteiger partial charge in [0.25, 0.3) is 0 Å². The Morgan fingerprint density at radius 1 is 1.59 bits per heavy atom. The summed E-state index contributed by atoms with van der Waals surface area (Å²) in [5, 5.41) is 12.4. The Morgan fingerprint density at radius 3 is 3.06 bits per heavy atom. The summed E-state index contributed by atoms with van der Waals surface area (Å²) in [5.41, 5.74) is 0. The standard InChI is InChI=1S/C13H16N2OS/c1-16-12-3-2-4-13(7-12)17-9-11(8-14)15-10-5-6-10/h2-4,7,10-11,15H,5-6,9H2,1H3. The van der Waals surface area contributed by atoms with Crippen LogP contribution in [0.1, 0.15) is 12.8 Å². The van der Waals surface area contributed by atoms with Crippen LogP contribution in [0.2, 0.25) is 0 Å². The minimum absolute atomic E-state index is 0.0568. The number of thioether (sulfide) groups is 1. The third kappa shape index (κ3) is 3.95. The molecule has 1 unspecified atom stereocenters. The first kappa shape index (κ1) is 12.3. The number of nitriles is 1. The highest BCUT2D eigenvalue weighted by Gasteiger charge is 2.24. The molecule has 4 heteroatoms. The lowest BCUT2D eigenvalue weighted by Crippen LogP contribution is -2.31. The molecule has 90 valence electrons. The zero-order valence-electron chi connectivity index (χ0n) is 9.85. The molecule has 3 nitrogen and oxygen atoms in total. The highest BCUT2D eigenvalue weighted by Crippen LogP contribution is 2.25. The SMILES string of the molecule is COc1cccc(SCC(C#N)NC2CC2)c1. The third-order valence-corrected chi connectivity index (χ3v) is 3.72. The number of ether oxygens (including phenoxy) is 1. The molecular formula is C13H16N2OS. The second-order valence-corrected chi connectivity index (χ2v) is 5.21. The van der Waals surface area contributed by atoms with Gasteiger partial charge in [0.1, 0.15) is 11.8 Å². The molecule has 0 aliphatic heterocycles. The van der Waals surface area contributed by atoms with E-state index in [0.717, 1.165) is 16.4 Å². The molecule has 1 saturated carbocycles. The van der Waals surface area contributed by atoms with Crippen molar-refractivity contribution in [2.45, 2.75) is 29.8 Å². The number of methoxy groups -OCH3 is 1. The molecule has 1 aliphatic carbocycles. The average molecular weight is 248 g/mol. The molecule has 0 radical (unpaired) electrons. The number of nitrogens with one attached hydrogen (secondary N) is 1. The molecule has 1 aromatic carbocycles. The molecule has 1 N–H and O–H groups in total. The molecule has 1 fully saturated rings. The van der Waals surface area contributed by atoms with Gasteiger partial charge >= 0.3 is 0 Å². The summed E-state index contributed by atoms with van der Waals surface area (Å²) in [6.45, 7) is 0. The van der Waals surface area contributed by atoms with Crippen molar-refractivity contribution in [3.05, 3.63) is 24.3 Å². The Bertz CT molecular complexity index is 412. The van der Waals surface area contributed by atoms with Gasteiger partial charge in [0.15, 0.2) is 0 Å². The zero-order valence-corrected chi connectivity index (χ0v) is 10.7. The van der Waals surface area contributed by atoms with E-state index in [1.165, 1.54) is 12.8 Å². The summed E-state index contributed by atoms with van der Waals surface area (Å²) in [6, 6.07) is 10.8. The van der Waals surface area contributed by atoms with Crippen LogP contribution in [-0.2, 0) is 0 Å². The van der Waals surface area contributed by atoms with E-state index >= 15 is 0 Å². The number of nitrogens with zero attached hydrogens (tertiary/aromatic N) is 1. The highest BCUT2D eigenvalue weighted by atomic mass is 32.2. The lowest BCUT2D eigenvalue weighted by Gasteiger charge is -2.10. The lowest BCUT2D eigenvalue weighted by atomic mass is 10.3. The number of hydrogen-bond acceptors (Lipinski definition) is 4. The molecule has 0 heterocycles. The summed E-state index contributed by atoms with van der Waals surface area (Å²) in [5.74, 6) is 1.64. The first-order valence-electron chi connectivity index (χ1n) is 5.74. The van der Waals surface area contributed by atoms with Gasteiger partial charge in [0.2, 0.25) is 0 Å². The van der Waals surface area contributed by atoms with E-state index in [0.29, 0.717) is 6.04 Å². The largest absolute Gasteiger partial charge is 0.497 e. The van der Waals surface area contributed by atoms with E-state index < -0.39 is 0 Å². The molecule has 1 aliphatic rings. The van der Waals surface area contributed by atoms with Crippen molar-refractivity contribution >= 4 is 11.8 Å². The van der Waals surface area contributed by atoms with Crippen LogP contribution in [-0.4, -0.2) is 24.9 Å². The van der Waals surface area contributed by atoms with Crippen LogP contribution in [0.4, 0.5) is 0 Å². The van der Waals surface area contributed by atoms with Gasteiger partial charge in [-0.25, -0.2) is 0 Å². The van der Waals surface area contributed by atoms with Gasteiger partial charge in [0, 0.05) is 16.7 Å². The fourth-order valence-electron chi connectivity index (χ4n) is 1.53. The van der Waals surface area contributed by atoms with Gasteiger partial charge in [-0.1, -0.05) is 6.07 Å². The molecule has 0 bridgehead atoms. The summed E-state index contributed by atoms with van der Waals surface area (Å²) in [7, 11) is 1.66. The maximum Gasteiger partial charge on any atom is 0.119 e. The van der Waals surface area contributed by atoms with Gasteiger partial charge in [-0.15, -0.1) is 11.8 Å². The second kappa shape index (κ2) is 5.95. The predicted octanol–water partition coefficient (Wildman–Crippen LogP) is 2.43. The van der Waals surface area contributed by atoms with Gasteiger partial charge < -0.3 is 4.74 Å². The minimum atomic E-state index is -0.0568. The Kier molecular flexibility index (Phi) is 4.29. The fraction of sp³-hybridized carbons (Fsp3) is 0.462. The van der Waals surface area contributed by atoms with E-state index in [-0.39, 0.29) is 6.04 Å². The predicted molar refractivity (Wildman–Crippen MR) is 69.3 cm³/mol. The molecule has 0 spiro atoms. The quantitative estimate of drug-likeness (QED) is 0.785. The van der Waals surface area contributed by atoms with Crippen molar-refractivity contribution in [2.24, 2.45) is 0 Å². The van der Waals surface area contributed by atoms with E-state index in [2.05, 4.69) is 11.4 Å². The first-order valence-corrected chi connectivity index (χ1v) is 6.73.